The summed E-state index contributed by atoms with van der Waals surface area (Å²) in [7, 11) is 0. The molecule has 164 valence electrons. The number of hydrogen-bond acceptors (Lipinski definition) is 4. The SMILES string of the molecule is O=C(NC1CC1)c1cc2c(-c3cncc(-c4ccc(N5CCCC5=O)cc4)c3)ccnc2[nH]1. The highest BCUT2D eigenvalue weighted by molar-refractivity contribution is 6.02. The van der Waals surface area contributed by atoms with E-state index in [2.05, 4.69) is 26.3 Å². The molecule has 0 spiro atoms. The van der Waals surface area contributed by atoms with E-state index in [1.165, 1.54) is 0 Å². The number of anilines is 1. The second-order valence-corrected chi connectivity index (χ2v) is 8.71. The zero-order chi connectivity index (χ0) is 22.4. The molecule has 2 N–H and O–H groups in total. The van der Waals surface area contributed by atoms with E-state index in [-0.39, 0.29) is 11.8 Å². The van der Waals surface area contributed by atoms with E-state index in [0.29, 0.717) is 23.8 Å². The number of carbonyl (C=O) groups excluding carboxylic acids is 2. The Hall–Kier alpha value is -4.00. The summed E-state index contributed by atoms with van der Waals surface area (Å²) in [4.78, 5) is 38.4. The predicted molar refractivity (Wildman–Crippen MR) is 127 cm³/mol. The van der Waals surface area contributed by atoms with Crippen LogP contribution in [0.15, 0.2) is 61.1 Å². The van der Waals surface area contributed by atoms with E-state index in [0.717, 1.165) is 59.1 Å². The largest absolute Gasteiger partial charge is 0.348 e. The number of rotatable bonds is 5. The lowest BCUT2D eigenvalue weighted by atomic mass is 10.0. The van der Waals surface area contributed by atoms with Crippen LogP contribution in [0.5, 0.6) is 0 Å². The van der Waals surface area contributed by atoms with E-state index in [1.807, 2.05) is 53.7 Å². The smallest absolute Gasteiger partial charge is 0.267 e. The zero-order valence-electron chi connectivity index (χ0n) is 18.0. The topological polar surface area (TPSA) is 91.0 Å². The highest BCUT2D eigenvalue weighted by Crippen LogP contribution is 2.32. The molecule has 0 radical (unpaired) electrons. The second-order valence-electron chi connectivity index (χ2n) is 8.71. The van der Waals surface area contributed by atoms with E-state index in [4.69, 9.17) is 0 Å². The number of carbonyl (C=O) groups is 2. The van der Waals surface area contributed by atoms with Gasteiger partial charge in [-0.1, -0.05) is 12.1 Å². The second kappa shape index (κ2) is 7.85. The molecule has 4 heterocycles. The standard InChI is InChI=1S/C26H23N5O2/c32-24-2-1-11-31(24)20-7-3-16(4-8-20)17-12-18(15-27-14-17)21-9-10-28-25-22(21)13-23(30-25)26(33)29-19-5-6-19/h3-4,7-10,12-15,19H,1-2,5-6,11H2,(H,28,30)(H,29,33). The Balaban J connectivity index is 1.32. The van der Waals surface area contributed by atoms with Gasteiger partial charge in [0.25, 0.3) is 5.91 Å². The van der Waals surface area contributed by atoms with Crippen LogP contribution >= 0.6 is 0 Å². The van der Waals surface area contributed by atoms with Crippen molar-refractivity contribution in [3.8, 4) is 22.3 Å². The summed E-state index contributed by atoms with van der Waals surface area (Å²) in [5.74, 6) is 0.0923. The van der Waals surface area contributed by atoms with Gasteiger partial charge in [0.2, 0.25) is 5.91 Å². The summed E-state index contributed by atoms with van der Waals surface area (Å²) in [5, 5.41) is 3.90. The minimum atomic E-state index is -0.0927. The minimum Gasteiger partial charge on any atom is -0.348 e. The number of H-pyrrole nitrogens is 1. The third-order valence-electron chi connectivity index (χ3n) is 6.32. The van der Waals surface area contributed by atoms with Crippen LogP contribution < -0.4 is 10.2 Å². The van der Waals surface area contributed by atoms with Gasteiger partial charge in [0.15, 0.2) is 0 Å². The summed E-state index contributed by atoms with van der Waals surface area (Å²) in [6, 6.07) is 14.2. The van der Waals surface area contributed by atoms with E-state index >= 15 is 0 Å². The van der Waals surface area contributed by atoms with Crippen LogP contribution in [-0.4, -0.2) is 39.4 Å². The normalized spacial score (nSPS) is 15.9. The molecule has 7 nitrogen and oxygen atoms in total. The van der Waals surface area contributed by atoms with Crippen molar-refractivity contribution >= 4 is 28.5 Å². The molecule has 1 aromatic carbocycles. The van der Waals surface area contributed by atoms with E-state index in [9.17, 15) is 9.59 Å². The first-order valence-corrected chi connectivity index (χ1v) is 11.3. The van der Waals surface area contributed by atoms with Crippen LogP contribution in [0.25, 0.3) is 33.3 Å². The molecule has 7 heteroatoms. The van der Waals surface area contributed by atoms with Crippen LogP contribution in [0, 0.1) is 0 Å². The average molecular weight is 438 g/mol. The van der Waals surface area contributed by atoms with Crippen LogP contribution in [0.2, 0.25) is 0 Å². The molecule has 6 rings (SSSR count). The van der Waals surface area contributed by atoms with Gasteiger partial charge in [-0.2, -0.15) is 0 Å². The molecule has 1 saturated carbocycles. The molecule has 0 bridgehead atoms. The fourth-order valence-corrected chi connectivity index (χ4v) is 4.39. The minimum absolute atomic E-state index is 0.0927. The van der Waals surface area contributed by atoms with Crippen LogP contribution in [0.3, 0.4) is 0 Å². The number of fused-ring (bicyclic) bond motifs is 1. The van der Waals surface area contributed by atoms with Gasteiger partial charge in [-0.25, -0.2) is 4.98 Å². The van der Waals surface area contributed by atoms with Crippen molar-refractivity contribution in [1.82, 2.24) is 20.3 Å². The summed E-state index contributed by atoms with van der Waals surface area (Å²) >= 11 is 0. The molecular weight excluding hydrogens is 414 g/mol. The number of aromatic amines is 1. The van der Waals surface area contributed by atoms with Crippen molar-refractivity contribution in [2.45, 2.75) is 31.7 Å². The predicted octanol–water partition coefficient (Wildman–Crippen LogP) is 4.31. The fourth-order valence-electron chi connectivity index (χ4n) is 4.39. The third kappa shape index (κ3) is 3.75. The molecule has 33 heavy (non-hydrogen) atoms. The first kappa shape index (κ1) is 19.7. The van der Waals surface area contributed by atoms with Crippen molar-refractivity contribution in [3.05, 3.63) is 66.7 Å². The number of amides is 2. The van der Waals surface area contributed by atoms with Gasteiger partial charge in [-0.3, -0.25) is 14.6 Å². The maximum atomic E-state index is 12.5. The molecule has 2 aliphatic rings. The van der Waals surface area contributed by atoms with Gasteiger partial charge in [-0.15, -0.1) is 0 Å². The first-order valence-electron chi connectivity index (χ1n) is 11.3. The Bertz CT molecular complexity index is 1370. The first-order chi connectivity index (χ1) is 16.2. The Morgan fingerprint density at radius 3 is 2.61 bits per heavy atom. The van der Waals surface area contributed by atoms with E-state index in [1.54, 1.807) is 6.20 Å². The molecule has 0 atom stereocenters. The maximum absolute atomic E-state index is 12.5. The molecule has 2 fully saturated rings. The Morgan fingerprint density at radius 2 is 1.85 bits per heavy atom. The lowest BCUT2D eigenvalue weighted by Gasteiger charge is -2.16. The van der Waals surface area contributed by atoms with Crippen molar-refractivity contribution < 1.29 is 9.59 Å². The van der Waals surface area contributed by atoms with Crippen molar-refractivity contribution in [3.63, 3.8) is 0 Å². The molecule has 1 saturated heterocycles. The molecule has 1 aliphatic carbocycles. The van der Waals surface area contributed by atoms with Crippen molar-refractivity contribution in [2.24, 2.45) is 0 Å². The third-order valence-corrected chi connectivity index (χ3v) is 6.32. The van der Waals surface area contributed by atoms with Gasteiger partial charge >= 0.3 is 0 Å². The van der Waals surface area contributed by atoms with E-state index < -0.39 is 0 Å². The molecule has 3 aromatic heterocycles. The number of nitrogens with one attached hydrogen (secondary N) is 2. The number of hydrogen-bond donors (Lipinski definition) is 2. The number of aromatic nitrogens is 3. The van der Waals surface area contributed by atoms with Crippen molar-refractivity contribution in [2.75, 3.05) is 11.4 Å². The number of benzene rings is 1. The summed E-state index contributed by atoms with van der Waals surface area (Å²) < 4.78 is 0. The Kier molecular flexibility index (Phi) is 4.68. The highest BCUT2D eigenvalue weighted by atomic mass is 16.2. The van der Waals surface area contributed by atoms with Crippen LogP contribution in [0.4, 0.5) is 5.69 Å². The summed E-state index contributed by atoms with van der Waals surface area (Å²) in [6.07, 6.45) is 9.03. The lowest BCUT2D eigenvalue weighted by molar-refractivity contribution is -0.117. The van der Waals surface area contributed by atoms with Gasteiger partial charge < -0.3 is 15.2 Å². The molecular formula is C26H23N5O2. The summed E-state index contributed by atoms with van der Waals surface area (Å²) in [6.45, 7) is 0.782. The van der Waals surface area contributed by atoms with Gasteiger partial charge in [0.1, 0.15) is 11.3 Å². The summed E-state index contributed by atoms with van der Waals surface area (Å²) in [5.41, 5.74) is 6.07. The molecule has 2 amide bonds. The fraction of sp³-hybridized carbons (Fsp3) is 0.231. The quantitative estimate of drug-likeness (QED) is 0.487. The molecule has 0 unspecified atom stereocenters. The maximum Gasteiger partial charge on any atom is 0.267 e. The van der Waals surface area contributed by atoms with Crippen LogP contribution in [0.1, 0.15) is 36.2 Å². The van der Waals surface area contributed by atoms with Crippen LogP contribution in [-0.2, 0) is 4.79 Å². The van der Waals surface area contributed by atoms with Crippen molar-refractivity contribution in [1.29, 1.82) is 0 Å². The molecule has 1 aliphatic heterocycles. The Labute approximate surface area is 190 Å². The van der Waals surface area contributed by atoms with Gasteiger partial charge in [-0.05, 0) is 60.7 Å². The zero-order valence-corrected chi connectivity index (χ0v) is 18.0. The van der Waals surface area contributed by atoms with Gasteiger partial charge in [0, 0.05) is 59.8 Å². The monoisotopic (exact) mass is 437 g/mol. The lowest BCUT2D eigenvalue weighted by Crippen LogP contribution is -2.25. The van der Waals surface area contributed by atoms with Gasteiger partial charge in [0.05, 0.1) is 0 Å². The highest BCUT2D eigenvalue weighted by Gasteiger charge is 2.25. The number of pyridine rings is 2. The Morgan fingerprint density at radius 1 is 1.03 bits per heavy atom. The molecule has 4 aromatic rings. The number of nitrogens with zero attached hydrogens (tertiary/aromatic N) is 3. The average Bonchev–Trinajstić information content (AvgIpc) is 3.37.